The molecule has 0 aromatic heterocycles. The van der Waals surface area contributed by atoms with Crippen molar-refractivity contribution in [3.63, 3.8) is 0 Å². The van der Waals surface area contributed by atoms with Crippen LogP contribution in [0, 0.1) is 0 Å². The van der Waals surface area contributed by atoms with Gasteiger partial charge in [-0.05, 0) is 37.1 Å². The van der Waals surface area contributed by atoms with Gasteiger partial charge in [0, 0.05) is 18.0 Å². The van der Waals surface area contributed by atoms with Gasteiger partial charge in [-0.25, -0.2) is 8.42 Å². The zero-order valence-electron chi connectivity index (χ0n) is 14.7. The molecule has 1 N–H and O–H groups in total. The maximum absolute atomic E-state index is 12.2. The molecule has 23 heavy (non-hydrogen) atoms. The number of sulfone groups is 1. The summed E-state index contributed by atoms with van der Waals surface area (Å²) in [6.45, 7) is 8.79. The van der Waals surface area contributed by atoms with Crippen molar-refractivity contribution in [3.05, 3.63) is 29.8 Å². The Labute approximate surface area is 140 Å². The number of likely N-dealkylation sites (N-methyl/N-ethyl adjacent to an activating group) is 1. The van der Waals surface area contributed by atoms with Crippen LogP contribution in [0.15, 0.2) is 24.3 Å². The van der Waals surface area contributed by atoms with Crippen LogP contribution in [-0.2, 0) is 14.6 Å². The van der Waals surface area contributed by atoms with Crippen LogP contribution < -0.4 is 5.32 Å². The standard InChI is InChI=1S/C17H28N2O3S/c1-6-19(14(4)12-23(5,21)22)11-17(20)18-16-9-7-15(8-10-16)13(2)3/h7-10,13-14H,6,11-12H2,1-5H3,(H,18,20)/t14-/m0/s1. The van der Waals surface area contributed by atoms with E-state index >= 15 is 0 Å². The van der Waals surface area contributed by atoms with Crippen molar-refractivity contribution >= 4 is 21.4 Å². The van der Waals surface area contributed by atoms with Crippen molar-refractivity contribution in [2.75, 3.05) is 30.4 Å². The van der Waals surface area contributed by atoms with Crippen molar-refractivity contribution in [1.82, 2.24) is 4.90 Å². The van der Waals surface area contributed by atoms with Gasteiger partial charge >= 0.3 is 0 Å². The number of amides is 1. The second-order valence-electron chi connectivity index (χ2n) is 6.33. The first kappa shape index (κ1) is 19.6. The average molecular weight is 340 g/mol. The predicted molar refractivity (Wildman–Crippen MR) is 95.6 cm³/mol. The molecular weight excluding hydrogens is 312 g/mol. The highest BCUT2D eigenvalue weighted by atomic mass is 32.2. The molecule has 0 radical (unpaired) electrons. The summed E-state index contributed by atoms with van der Waals surface area (Å²) in [7, 11) is -3.06. The summed E-state index contributed by atoms with van der Waals surface area (Å²) >= 11 is 0. The number of carbonyl (C=O) groups excluding carboxylic acids is 1. The van der Waals surface area contributed by atoms with E-state index in [4.69, 9.17) is 0 Å². The predicted octanol–water partition coefficient (Wildman–Crippen LogP) is 2.50. The largest absolute Gasteiger partial charge is 0.325 e. The molecule has 1 rings (SSSR count). The average Bonchev–Trinajstić information content (AvgIpc) is 2.43. The maximum atomic E-state index is 12.2. The van der Waals surface area contributed by atoms with E-state index < -0.39 is 9.84 Å². The topological polar surface area (TPSA) is 66.5 Å². The lowest BCUT2D eigenvalue weighted by Gasteiger charge is -2.26. The fraction of sp³-hybridized carbons (Fsp3) is 0.588. The summed E-state index contributed by atoms with van der Waals surface area (Å²) in [6.07, 6.45) is 1.22. The molecule has 1 aromatic carbocycles. The molecule has 1 amide bonds. The van der Waals surface area contributed by atoms with Gasteiger partial charge in [-0.3, -0.25) is 9.69 Å². The second kappa shape index (κ2) is 8.45. The summed E-state index contributed by atoms with van der Waals surface area (Å²) in [5, 5.41) is 2.86. The minimum Gasteiger partial charge on any atom is -0.325 e. The van der Waals surface area contributed by atoms with E-state index in [0.29, 0.717) is 12.5 Å². The molecule has 0 saturated carbocycles. The van der Waals surface area contributed by atoms with E-state index in [1.807, 2.05) is 43.0 Å². The monoisotopic (exact) mass is 340 g/mol. The molecule has 0 aliphatic carbocycles. The lowest BCUT2D eigenvalue weighted by molar-refractivity contribution is -0.117. The van der Waals surface area contributed by atoms with E-state index in [9.17, 15) is 13.2 Å². The minimum absolute atomic E-state index is 0.0528. The van der Waals surface area contributed by atoms with Crippen LogP contribution in [0.1, 0.15) is 39.2 Å². The smallest absolute Gasteiger partial charge is 0.238 e. The summed E-state index contributed by atoms with van der Waals surface area (Å²) in [4.78, 5) is 14.0. The van der Waals surface area contributed by atoms with Crippen LogP contribution in [0.5, 0.6) is 0 Å². The van der Waals surface area contributed by atoms with E-state index in [1.165, 1.54) is 11.8 Å². The molecular formula is C17H28N2O3S. The summed E-state index contributed by atoms with van der Waals surface area (Å²) < 4.78 is 22.8. The molecule has 1 atom stereocenters. The second-order valence-corrected chi connectivity index (χ2v) is 8.51. The van der Waals surface area contributed by atoms with Gasteiger partial charge < -0.3 is 5.32 Å². The van der Waals surface area contributed by atoms with E-state index in [0.717, 1.165) is 5.69 Å². The van der Waals surface area contributed by atoms with Gasteiger partial charge in [0.05, 0.1) is 12.3 Å². The van der Waals surface area contributed by atoms with Gasteiger partial charge in [0.1, 0.15) is 9.84 Å². The fourth-order valence-electron chi connectivity index (χ4n) is 2.46. The van der Waals surface area contributed by atoms with Gasteiger partial charge in [0.25, 0.3) is 0 Å². The van der Waals surface area contributed by atoms with Gasteiger partial charge in [0.2, 0.25) is 5.91 Å². The first-order valence-electron chi connectivity index (χ1n) is 7.94. The first-order chi connectivity index (χ1) is 10.6. The quantitative estimate of drug-likeness (QED) is 0.789. The highest BCUT2D eigenvalue weighted by Gasteiger charge is 2.19. The fourth-order valence-corrected chi connectivity index (χ4v) is 3.55. The lowest BCUT2D eigenvalue weighted by atomic mass is 10.0. The number of hydrogen-bond donors (Lipinski definition) is 1. The van der Waals surface area contributed by atoms with Gasteiger partial charge in [-0.15, -0.1) is 0 Å². The minimum atomic E-state index is -3.06. The molecule has 1 aromatic rings. The number of nitrogens with one attached hydrogen (secondary N) is 1. The van der Waals surface area contributed by atoms with Gasteiger partial charge in [-0.1, -0.05) is 32.9 Å². The van der Waals surface area contributed by atoms with Crippen LogP contribution in [-0.4, -0.2) is 50.4 Å². The van der Waals surface area contributed by atoms with Crippen LogP contribution in [0.4, 0.5) is 5.69 Å². The van der Waals surface area contributed by atoms with Crippen LogP contribution >= 0.6 is 0 Å². The summed E-state index contributed by atoms with van der Waals surface area (Å²) in [6, 6.07) is 7.60. The van der Waals surface area contributed by atoms with E-state index in [2.05, 4.69) is 19.2 Å². The number of hydrogen-bond acceptors (Lipinski definition) is 4. The van der Waals surface area contributed by atoms with Gasteiger partial charge in [-0.2, -0.15) is 0 Å². The molecule has 0 heterocycles. The number of nitrogens with zero attached hydrogens (tertiary/aromatic N) is 1. The SMILES string of the molecule is CCN(CC(=O)Nc1ccc(C(C)C)cc1)[C@@H](C)CS(C)(=O)=O. The molecule has 0 aliphatic rings. The molecule has 130 valence electrons. The Balaban J connectivity index is 2.63. The Bertz CT molecular complexity index is 609. The maximum Gasteiger partial charge on any atom is 0.238 e. The molecule has 6 heteroatoms. The van der Waals surface area contributed by atoms with Crippen molar-refractivity contribution in [2.45, 2.75) is 39.7 Å². The number of anilines is 1. The summed E-state index contributed by atoms with van der Waals surface area (Å²) in [5.41, 5.74) is 1.98. The van der Waals surface area contributed by atoms with Crippen LogP contribution in [0.25, 0.3) is 0 Å². The van der Waals surface area contributed by atoms with E-state index in [-0.39, 0.29) is 24.2 Å². The highest BCUT2D eigenvalue weighted by molar-refractivity contribution is 7.90. The van der Waals surface area contributed by atoms with Crippen LogP contribution in [0.2, 0.25) is 0 Å². The Morgan fingerprint density at radius 3 is 2.17 bits per heavy atom. The summed E-state index contributed by atoms with van der Waals surface area (Å²) in [5.74, 6) is 0.369. The van der Waals surface area contributed by atoms with Crippen LogP contribution in [0.3, 0.4) is 0 Å². The Kier molecular flexibility index (Phi) is 7.22. The lowest BCUT2D eigenvalue weighted by Crippen LogP contribution is -2.42. The Hall–Kier alpha value is -1.40. The molecule has 0 saturated heterocycles. The number of benzene rings is 1. The number of rotatable bonds is 8. The third kappa shape index (κ3) is 7.14. The normalized spacial score (nSPS) is 13.3. The third-order valence-electron chi connectivity index (χ3n) is 3.78. The first-order valence-corrected chi connectivity index (χ1v) is 10.00. The van der Waals surface area contributed by atoms with Crippen molar-refractivity contribution in [3.8, 4) is 0 Å². The Morgan fingerprint density at radius 1 is 1.17 bits per heavy atom. The van der Waals surface area contributed by atoms with Crippen molar-refractivity contribution in [2.24, 2.45) is 0 Å². The third-order valence-corrected chi connectivity index (χ3v) is 4.87. The van der Waals surface area contributed by atoms with Crippen molar-refractivity contribution in [1.29, 1.82) is 0 Å². The zero-order chi connectivity index (χ0) is 17.6. The Morgan fingerprint density at radius 2 is 1.74 bits per heavy atom. The molecule has 5 nitrogen and oxygen atoms in total. The molecule has 0 bridgehead atoms. The zero-order valence-corrected chi connectivity index (χ0v) is 15.5. The highest BCUT2D eigenvalue weighted by Crippen LogP contribution is 2.17. The molecule has 0 aliphatic heterocycles. The number of carbonyl (C=O) groups is 1. The van der Waals surface area contributed by atoms with Crippen molar-refractivity contribution < 1.29 is 13.2 Å². The molecule has 0 spiro atoms. The molecule has 0 fully saturated rings. The van der Waals surface area contributed by atoms with E-state index in [1.54, 1.807) is 0 Å². The van der Waals surface area contributed by atoms with Gasteiger partial charge in [0.15, 0.2) is 0 Å². The molecule has 0 unspecified atom stereocenters.